The summed E-state index contributed by atoms with van der Waals surface area (Å²) in [6.45, 7) is 0. The molecule has 3 nitrogen and oxygen atoms in total. The predicted octanol–water partition coefficient (Wildman–Crippen LogP) is 3.10. The van der Waals surface area contributed by atoms with Crippen LogP contribution in [-0.2, 0) is 11.2 Å². The summed E-state index contributed by atoms with van der Waals surface area (Å²) in [5.74, 6) is 1.33. The molecule has 0 heterocycles. The smallest absolute Gasteiger partial charge is 0.163 e. The Balaban J connectivity index is 1.75. The van der Waals surface area contributed by atoms with E-state index >= 15 is 0 Å². The van der Waals surface area contributed by atoms with E-state index in [1.54, 1.807) is 0 Å². The molecule has 3 heteroatoms. The minimum absolute atomic E-state index is 0.0126. The molecule has 1 unspecified atom stereocenters. The second-order valence-corrected chi connectivity index (χ2v) is 5.47. The number of benzene rings is 1. The van der Waals surface area contributed by atoms with Crippen LogP contribution in [0.15, 0.2) is 18.2 Å². The largest absolute Gasteiger partial charge is 0.490 e. The van der Waals surface area contributed by atoms with Crippen molar-refractivity contribution < 1.29 is 14.3 Å². The Bertz CT molecular complexity index is 519. The molecule has 1 fully saturated rings. The first-order valence-electron chi connectivity index (χ1n) is 7.07. The van der Waals surface area contributed by atoms with Crippen LogP contribution in [0, 0.1) is 0 Å². The number of hydrogen-bond donors (Lipinski definition) is 0. The van der Waals surface area contributed by atoms with E-state index in [0.29, 0.717) is 25.0 Å². The van der Waals surface area contributed by atoms with E-state index in [4.69, 9.17) is 4.74 Å². The molecule has 19 heavy (non-hydrogen) atoms. The molecule has 2 aliphatic carbocycles. The van der Waals surface area contributed by atoms with E-state index in [9.17, 15) is 9.59 Å². The summed E-state index contributed by atoms with van der Waals surface area (Å²) in [5.41, 5.74) is 1.94. The summed E-state index contributed by atoms with van der Waals surface area (Å²) in [4.78, 5) is 23.2. The summed E-state index contributed by atoms with van der Waals surface area (Å²) in [6.07, 6.45) is 5.63. The molecule has 1 aromatic carbocycles. The molecule has 1 saturated carbocycles. The van der Waals surface area contributed by atoms with Crippen LogP contribution in [-0.4, -0.2) is 17.7 Å². The normalized spacial score (nSPS) is 23.1. The van der Waals surface area contributed by atoms with Crippen molar-refractivity contribution >= 4 is 11.6 Å². The Morgan fingerprint density at radius 2 is 1.95 bits per heavy atom. The number of ketones is 2. The van der Waals surface area contributed by atoms with Crippen molar-refractivity contribution in [3.8, 4) is 5.75 Å². The Labute approximate surface area is 113 Å². The molecule has 0 spiro atoms. The number of fused-ring (bicyclic) bond motifs is 1. The monoisotopic (exact) mass is 258 g/mol. The number of hydrogen-bond acceptors (Lipinski definition) is 3. The fourth-order valence-corrected chi connectivity index (χ4v) is 2.97. The van der Waals surface area contributed by atoms with Crippen LogP contribution in [0.1, 0.15) is 54.4 Å². The van der Waals surface area contributed by atoms with Crippen LogP contribution in [0.3, 0.4) is 0 Å². The van der Waals surface area contributed by atoms with Gasteiger partial charge >= 0.3 is 0 Å². The SMILES string of the molecule is O=C1CCCC(Oc2ccc3c(c2)CCCC3=O)C1. The molecule has 100 valence electrons. The molecular weight excluding hydrogens is 240 g/mol. The van der Waals surface area contributed by atoms with Gasteiger partial charge in [-0.2, -0.15) is 0 Å². The van der Waals surface area contributed by atoms with Gasteiger partial charge in [0.25, 0.3) is 0 Å². The van der Waals surface area contributed by atoms with Gasteiger partial charge in [-0.15, -0.1) is 0 Å². The first-order valence-corrected chi connectivity index (χ1v) is 7.07. The third kappa shape index (κ3) is 2.70. The topological polar surface area (TPSA) is 43.4 Å². The Kier molecular flexibility index (Phi) is 3.36. The fraction of sp³-hybridized carbons (Fsp3) is 0.500. The van der Waals surface area contributed by atoms with Gasteiger partial charge < -0.3 is 4.74 Å². The van der Waals surface area contributed by atoms with Crippen LogP contribution in [0.4, 0.5) is 0 Å². The van der Waals surface area contributed by atoms with Gasteiger partial charge in [-0.05, 0) is 49.4 Å². The summed E-state index contributed by atoms with van der Waals surface area (Å²) >= 11 is 0. The lowest BCUT2D eigenvalue weighted by atomic mass is 9.90. The number of Topliss-reactive ketones (excluding diaryl/α,β-unsaturated/α-hetero) is 2. The van der Waals surface area contributed by atoms with Crippen LogP contribution in [0.5, 0.6) is 5.75 Å². The standard InChI is InChI=1S/C16H18O3/c17-12-4-2-5-13(10-12)19-14-7-8-15-11(9-14)3-1-6-16(15)18/h7-9,13H,1-6,10H2. The number of ether oxygens (including phenoxy) is 1. The zero-order chi connectivity index (χ0) is 13.2. The van der Waals surface area contributed by atoms with E-state index in [2.05, 4.69) is 0 Å². The lowest BCUT2D eigenvalue weighted by Gasteiger charge is -2.23. The minimum atomic E-state index is 0.0126. The molecule has 0 bridgehead atoms. The predicted molar refractivity (Wildman–Crippen MR) is 71.6 cm³/mol. The summed E-state index contributed by atoms with van der Waals surface area (Å²) in [6, 6.07) is 5.71. The maximum atomic E-state index is 11.7. The number of carbonyl (C=O) groups is 2. The third-order valence-corrected chi connectivity index (χ3v) is 3.97. The quantitative estimate of drug-likeness (QED) is 0.818. The van der Waals surface area contributed by atoms with Crippen LogP contribution >= 0.6 is 0 Å². The van der Waals surface area contributed by atoms with Gasteiger partial charge in [-0.1, -0.05) is 0 Å². The maximum absolute atomic E-state index is 11.7. The third-order valence-electron chi connectivity index (χ3n) is 3.97. The Morgan fingerprint density at radius 1 is 1.05 bits per heavy atom. The molecule has 1 atom stereocenters. The second kappa shape index (κ2) is 5.16. The molecule has 1 aromatic rings. The van der Waals surface area contributed by atoms with Gasteiger partial charge in [0.05, 0.1) is 0 Å². The van der Waals surface area contributed by atoms with Gasteiger partial charge in [-0.25, -0.2) is 0 Å². The van der Waals surface area contributed by atoms with E-state index in [0.717, 1.165) is 42.6 Å². The van der Waals surface area contributed by atoms with E-state index in [1.807, 2.05) is 18.2 Å². The lowest BCUT2D eigenvalue weighted by molar-refractivity contribution is -0.122. The van der Waals surface area contributed by atoms with Crippen molar-refractivity contribution in [2.45, 2.75) is 51.0 Å². The van der Waals surface area contributed by atoms with E-state index in [1.165, 1.54) is 0 Å². The summed E-state index contributed by atoms with van der Waals surface area (Å²) in [5, 5.41) is 0. The molecule has 0 amide bonds. The van der Waals surface area contributed by atoms with Crippen molar-refractivity contribution in [3.05, 3.63) is 29.3 Å². The van der Waals surface area contributed by atoms with Gasteiger partial charge in [0.15, 0.2) is 5.78 Å². The van der Waals surface area contributed by atoms with Crippen molar-refractivity contribution in [1.82, 2.24) is 0 Å². The fourth-order valence-electron chi connectivity index (χ4n) is 2.97. The number of carbonyl (C=O) groups excluding carboxylic acids is 2. The maximum Gasteiger partial charge on any atom is 0.163 e. The molecule has 0 N–H and O–H groups in total. The molecule has 3 rings (SSSR count). The molecular formula is C16H18O3. The van der Waals surface area contributed by atoms with Gasteiger partial charge in [0.2, 0.25) is 0 Å². The average molecular weight is 258 g/mol. The Hall–Kier alpha value is -1.64. The molecule has 0 saturated heterocycles. The van der Waals surface area contributed by atoms with Crippen molar-refractivity contribution in [2.24, 2.45) is 0 Å². The first-order chi connectivity index (χ1) is 9.22. The Morgan fingerprint density at radius 3 is 2.79 bits per heavy atom. The van der Waals surface area contributed by atoms with Gasteiger partial charge in [0.1, 0.15) is 17.6 Å². The second-order valence-electron chi connectivity index (χ2n) is 5.47. The van der Waals surface area contributed by atoms with Gasteiger partial charge in [-0.3, -0.25) is 9.59 Å². The average Bonchev–Trinajstić information content (AvgIpc) is 2.39. The highest BCUT2D eigenvalue weighted by Crippen LogP contribution is 2.27. The van der Waals surface area contributed by atoms with Crippen molar-refractivity contribution in [3.63, 3.8) is 0 Å². The van der Waals surface area contributed by atoms with Crippen molar-refractivity contribution in [2.75, 3.05) is 0 Å². The van der Waals surface area contributed by atoms with Crippen molar-refractivity contribution in [1.29, 1.82) is 0 Å². The van der Waals surface area contributed by atoms with E-state index in [-0.39, 0.29) is 11.9 Å². The van der Waals surface area contributed by atoms with Crippen LogP contribution in [0.25, 0.3) is 0 Å². The number of aryl methyl sites for hydroxylation is 1. The highest BCUT2D eigenvalue weighted by molar-refractivity contribution is 5.98. The number of rotatable bonds is 2. The zero-order valence-electron chi connectivity index (χ0n) is 11.0. The molecule has 2 aliphatic rings. The molecule has 0 aliphatic heterocycles. The first kappa shape index (κ1) is 12.4. The van der Waals surface area contributed by atoms with E-state index < -0.39 is 0 Å². The highest BCUT2D eigenvalue weighted by atomic mass is 16.5. The van der Waals surface area contributed by atoms with Crippen LogP contribution < -0.4 is 4.74 Å². The zero-order valence-corrected chi connectivity index (χ0v) is 11.0. The van der Waals surface area contributed by atoms with Crippen LogP contribution in [0.2, 0.25) is 0 Å². The lowest BCUT2D eigenvalue weighted by Crippen LogP contribution is -2.25. The highest BCUT2D eigenvalue weighted by Gasteiger charge is 2.22. The summed E-state index contributed by atoms with van der Waals surface area (Å²) in [7, 11) is 0. The summed E-state index contributed by atoms with van der Waals surface area (Å²) < 4.78 is 5.89. The molecule has 0 radical (unpaired) electrons. The minimum Gasteiger partial charge on any atom is -0.490 e. The molecule has 0 aromatic heterocycles. The van der Waals surface area contributed by atoms with Gasteiger partial charge in [0, 0.05) is 24.8 Å².